The highest BCUT2D eigenvalue weighted by molar-refractivity contribution is 5.27. The van der Waals surface area contributed by atoms with Gasteiger partial charge < -0.3 is 21.1 Å². The van der Waals surface area contributed by atoms with Crippen LogP contribution in [0.25, 0.3) is 0 Å². The summed E-state index contributed by atoms with van der Waals surface area (Å²) in [6.45, 7) is 21.4. The number of nitrogens with two attached hydrogens (primary N) is 1. The zero-order valence-corrected chi connectivity index (χ0v) is 22.2. The number of nitroso groups, excluding NO2 is 1. The molecule has 1 aliphatic rings. The van der Waals surface area contributed by atoms with Crippen LogP contribution in [-0.2, 0) is 0 Å². The molecule has 6 nitrogen and oxygen atoms in total. The summed E-state index contributed by atoms with van der Waals surface area (Å²) in [5.41, 5.74) is 6.46. The molecule has 0 aromatic heterocycles. The lowest BCUT2D eigenvalue weighted by Crippen LogP contribution is -2.32. The van der Waals surface area contributed by atoms with Crippen LogP contribution in [0.4, 0.5) is 0 Å². The molecule has 0 heterocycles. The molecule has 0 saturated heterocycles. The van der Waals surface area contributed by atoms with Gasteiger partial charge in [0.15, 0.2) is 5.88 Å². The van der Waals surface area contributed by atoms with Crippen molar-refractivity contribution in [3.63, 3.8) is 0 Å². The molecule has 198 valence electrons. The summed E-state index contributed by atoms with van der Waals surface area (Å²) in [7, 11) is 1.85. The van der Waals surface area contributed by atoms with Crippen LogP contribution >= 0.6 is 0 Å². The summed E-state index contributed by atoms with van der Waals surface area (Å²) < 4.78 is 0. The van der Waals surface area contributed by atoms with E-state index in [-0.39, 0.29) is 19.4 Å². The van der Waals surface area contributed by atoms with E-state index in [0.29, 0.717) is 11.7 Å². The number of nitrogens with zero attached hydrogens (tertiary/aromatic N) is 2. The van der Waals surface area contributed by atoms with Gasteiger partial charge in [0.2, 0.25) is 0 Å². The van der Waals surface area contributed by atoms with Gasteiger partial charge in [0, 0.05) is 12.1 Å². The molecule has 0 radical (unpaired) electrons. The second-order valence-corrected chi connectivity index (χ2v) is 7.21. The Balaban J connectivity index is -0.000000218. The fourth-order valence-corrected chi connectivity index (χ4v) is 2.86. The Labute approximate surface area is 211 Å². The van der Waals surface area contributed by atoms with E-state index in [1.54, 1.807) is 19.1 Å². The number of hydrogen-bond donors (Lipinski definition) is 3. The zero-order chi connectivity index (χ0) is 26.1. The molecule has 0 fully saturated rings. The Morgan fingerprint density at radius 1 is 1.32 bits per heavy atom. The van der Waals surface area contributed by atoms with Crippen molar-refractivity contribution in [2.75, 3.05) is 20.1 Å². The van der Waals surface area contributed by atoms with E-state index in [9.17, 15) is 4.91 Å². The fraction of sp³-hybridized carbons (Fsp3) is 0.571. The van der Waals surface area contributed by atoms with Gasteiger partial charge in [-0.3, -0.25) is 0 Å². The Kier molecular flexibility index (Phi) is 32.6. The number of hydrogen-bond acceptors (Lipinski definition) is 6. The first-order chi connectivity index (χ1) is 15.7. The Morgan fingerprint density at radius 3 is 2.32 bits per heavy atom. The average molecular weight is 479 g/mol. The molecule has 0 amide bonds. The lowest BCUT2D eigenvalue weighted by molar-refractivity contribution is 0.221. The number of rotatable bonds is 11. The van der Waals surface area contributed by atoms with E-state index in [1.165, 1.54) is 18.4 Å². The molecule has 34 heavy (non-hydrogen) atoms. The van der Waals surface area contributed by atoms with Gasteiger partial charge in [0.05, 0.1) is 5.70 Å². The molecule has 0 aliphatic heterocycles. The van der Waals surface area contributed by atoms with Crippen LogP contribution in [0.15, 0.2) is 78.0 Å². The lowest BCUT2D eigenvalue weighted by atomic mass is 10.0. The van der Waals surface area contributed by atoms with Crippen LogP contribution < -0.4 is 11.1 Å². The van der Waals surface area contributed by atoms with E-state index < -0.39 is 0 Å². The fourth-order valence-electron chi connectivity index (χ4n) is 2.86. The molecule has 2 unspecified atom stereocenters. The second kappa shape index (κ2) is 28.6. The van der Waals surface area contributed by atoms with Gasteiger partial charge in [0.1, 0.15) is 0 Å². The van der Waals surface area contributed by atoms with Crippen LogP contribution in [0.5, 0.6) is 0 Å². The van der Waals surface area contributed by atoms with E-state index in [0.717, 1.165) is 25.9 Å². The second-order valence-electron chi connectivity index (χ2n) is 7.21. The summed E-state index contributed by atoms with van der Waals surface area (Å²) in [5.74, 6) is -0.333. The van der Waals surface area contributed by atoms with Crippen molar-refractivity contribution in [2.45, 2.75) is 86.7 Å². The highest BCUT2D eigenvalue weighted by atomic mass is 16.3. The van der Waals surface area contributed by atoms with Crippen LogP contribution in [0, 0.1) is 4.91 Å². The smallest absolute Gasteiger partial charge is 0.173 e. The number of allylic oxidation sites excluding steroid dienone is 7. The van der Waals surface area contributed by atoms with Crippen molar-refractivity contribution < 1.29 is 5.11 Å². The highest BCUT2D eigenvalue weighted by Crippen LogP contribution is 2.15. The SMILES string of the molecule is C.C=C(N)O.C=CC(C/C=C(\C)N=O)NC.CC.CCN(CC)C(C)CCC1=CC=CCC=C1. The Bertz CT molecular complexity index is 614. The summed E-state index contributed by atoms with van der Waals surface area (Å²) in [6.07, 6.45) is 19.0. The largest absolute Gasteiger partial charge is 0.495 e. The van der Waals surface area contributed by atoms with Crippen LogP contribution in [0.1, 0.15) is 74.7 Å². The number of likely N-dealkylation sites (N-methyl/N-ethyl adjacent to an activating group) is 1. The third-order valence-electron chi connectivity index (χ3n) is 4.80. The van der Waals surface area contributed by atoms with Gasteiger partial charge in [-0.1, -0.05) is 77.7 Å². The molecule has 0 aromatic carbocycles. The topological polar surface area (TPSA) is 91.0 Å². The molecule has 6 heteroatoms. The first-order valence-corrected chi connectivity index (χ1v) is 11.9. The Morgan fingerprint density at radius 2 is 1.88 bits per heavy atom. The maximum absolute atomic E-state index is 9.93. The first kappa shape index (κ1) is 38.8. The molecule has 1 rings (SSSR count). The van der Waals surface area contributed by atoms with Crippen LogP contribution in [-0.4, -0.2) is 42.2 Å². The van der Waals surface area contributed by atoms with Crippen LogP contribution in [0.3, 0.4) is 0 Å². The molecule has 2 atom stereocenters. The predicted octanol–water partition coefficient (Wildman–Crippen LogP) is 7.40. The third kappa shape index (κ3) is 25.8. The summed E-state index contributed by atoms with van der Waals surface area (Å²) in [5, 5.41) is 13.4. The van der Waals surface area contributed by atoms with E-state index >= 15 is 0 Å². The molecule has 0 aromatic rings. The van der Waals surface area contributed by atoms with Gasteiger partial charge in [-0.2, -0.15) is 0 Å². The standard InChI is InChI=1S/C15H25N.C8H14N2O.C2H5NO.C2H6.CH4/c1-4-16(5-2)14(3)12-13-15-10-8-6-7-9-11-15;1-4-8(9-3)6-5-7(2)10-11;1-2(3)4;1-2;/h6,8-11,14H,4-5,7,12-13H2,1-3H3;4-5,8-9H,1,6H2,2-3H3;4H,1,3H2;1-2H3;1H4/b;7-5+;;;. The minimum absolute atomic E-state index is 0. The van der Waals surface area contributed by atoms with E-state index in [2.05, 4.69) is 85.4 Å². The summed E-state index contributed by atoms with van der Waals surface area (Å²) in [4.78, 5) is 12.5. The maximum Gasteiger partial charge on any atom is 0.173 e. The van der Waals surface area contributed by atoms with Crippen molar-refractivity contribution in [3.8, 4) is 0 Å². The van der Waals surface area contributed by atoms with Gasteiger partial charge in [0.25, 0.3) is 0 Å². The average Bonchev–Trinajstić information content (AvgIpc) is 3.09. The summed E-state index contributed by atoms with van der Waals surface area (Å²) in [6, 6.07) is 0.920. The van der Waals surface area contributed by atoms with Gasteiger partial charge in [-0.05, 0) is 77.0 Å². The monoisotopic (exact) mass is 478 g/mol. The third-order valence-corrected chi connectivity index (χ3v) is 4.80. The van der Waals surface area contributed by atoms with Crippen molar-refractivity contribution in [2.24, 2.45) is 10.9 Å². The molecule has 1 aliphatic carbocycles. The molecule has 0 bridgehead atoms. The van der Waals surface area contributed by atoms with Crippen molar-refractivity contribution in [3.05, 3.63) is 77.8 Å². The molecule has 0 saturated carbocycles. The van der Waals surface area contributed by atoms with Crippen molar-refractivity contribution in [1.29, 1.82) is 0 Å². The normalized spacial score (nSPS) is 13.6. The van der Waals surface area contributed by atoms with E-state index in [4.69, 9.17) is 5.11 Å². The molecule has 0 spiro atoms. The zero-order valence-electron chi connectivity index (χ0n) is 22.2. The minimum Gasteiger partial charge on any atom is -0.495 e. The van der Waals surface area contributed by atoms with Gasteiger partial charge >= 0.3 is 0 Å². The number of aliphatic hydroxyl groups is 1. The van der Waals surface area contributed by atoms with Gasteiger partial charge in [-0.25, -0.2) is 0 Å². The van der Waals surface area contributed by atoms with Crippen molar-refractivity contribution >= 4 is 0 Å². The molecular weight excluding hydrogens is 424 g/mol. The lowest BCUT2D eigenvalue weighted by Gasteiger charge is -2.26. The first-order valence-electron chi connectivity index (χ1n) is 11.9. The highest BCUT2D eigenvalue weighted by Gasteiger charge is 2.09. The number of aliphatic hydroxyl groups excluding tert-OH is 1. The minimum atomic E-state index is -0.333. The molecular formula is C28H54N4O2. The summed E-state index contributed by atoms with van der Waals surface area (Å²) >= 11 is 0. The van der Waals surface area contributed by atoms with E-state index in [1.807, 2.05) is 20.9 Å². The van der Waals surface area contributed by atoms with Gasteiger partial charge in [-0.15, -0.1) is 11.5 Å². The molecule has 4 N–H and O–H groups in total. The maximum atomic E-state index is 9.93. The van der Waals surface area contributed by atoms with Crippen molar-refractivity contribution in [1.82, 2.24) is 10.2 Å². The predicted molar refractivity (Wildman–Crippen MR) is 154 cm³/mol. The Hall–Kier alpha value is -2.44. The number of nitrogens with one attached hydrogen (secondary N) is 1. The van der Waals surface area contributed by atoms with Crippen LogP contribution in [0.2, 0.25) is 0 Å². The quantitative estimate of drug-likeness (QED) is 0.163.